The zero-order valence-corrected chi connectivity index (χ0v) is 27.6. The van der Waals surface area contributed by atoms with Gasteiger partial charge >= 0.3 is 29.6 Å². The Morgan fingerprint density at radius 2 is 2.07 bits per heavy atom. The van der Waals surface area contributed by atoms with Crippen molar-refractivity contribution < 1.29 is 64.1 Å². The van der Waals surface area contributed by atoms with Crippen LogP contribution in [-0.2, 0) is 19.2 Å². The minimum absolute atomic E-state index is 0. The fourth-order valence-electron chi connectivity index (χ4n) is 4.04. The largest absolute Gasteiger partial charge is 1.00 e. The van der Waals surface area contributed by atoms with Crippen LogP contribution in [0.4, 0.5) is 5.13 Å². The number of thioether (sulfide) groups is 2. The van der Waals surface area contributed by atoms with Crippen LogP contribution in [0.1, 0.15) is 5.69 Å². The number of thiazole rings is 2. The van der Waals surface area contributed by atoms with Crippen molar-refractivity contribution in [3.63, 3.8) is 0 Å². The molecular formula is C25H21N6NaO7S4. The van der Waals surface area contributed by atoms with Crippen LogP contribution in [0, 0.1) is 0 Å². The summed E-state index contributed by atoms with van der Waals surface area (Å²) in [5.41, 5.74) is 7.12. The van der Waals surface area contributed by atoms with Crippen molar-refractivity contribution in [3.8, 4) is 22.8 Å². The number of rotatable bonds is 11. The third kappa shape index (κ3) is 7.03. The number of nitrogen functional groups attached to an aromatic ring is 1. The van der Waals surface area contributed by atoms with Crippen molar-refractivity contribution in [3.05, 3.63) is 58.6 Å². The van der Waals surface area contributed by atoms with E-state index in [0.717, 1.165) is 16.2 Å². The number of carbonyl (C=O) groups excluding carboxylic acids is 3. The Balaban J connectivity index is 0.00000423. The molecule has 43 heavy (non-hydrogen) atoms. The number of nitrogens with two attached hydrogens (primary N) is 1. The van der Waals surface area contributed by atoms with Gasteiger partial charge in [0.1, 0.15) is 23.7 Å². The molecule has 2 atom stereocenters. The summed E-state index contributed by atoms with van der Waals surface area (Å²) < 4.78 is 0.642. The summed E-state index contributed by atoms with van der Waals surface area (Å²) in [4.78, 5) is 53.1. The van der Waals surface area contributed by atoms with Gasteiger partial charge in [-0.2, -0.15) is 0 Å². The molecule has 5 rings (SSSR count). The van der Waals surface area contributed by atoms with Crippen LogP contribution < -0.4 is 45.7 Å². The summed E-state index contributed by atoms with van der Waals surface area (Å²) in [5.74, 6) is -2.81. The number of fused-ring (bicyclic) bond motifs is 1. The van der Waals surface area contributed by atoms with Gasteiger partial charge in [-0.05, 0) is 23.8 Å². The number of phenols is 2. The molecule has 0 bridgehead atoms. The number of oxime groups is 1. The summed E-state index contributed by atoms with van der Waals surface area (Å²) in [6, 6.07) is 3.37. The molecular weight excluding hydrogens is 648 g/mol. The molecule has 1 saturated heterocycles. The van der Waals surface area contributed by atoms with Crippen LogP contribution in [0.2, 0.25) is 0 Å². The molecule has 0 radical (unpaired) electrons. The molecule has 18 heteroatoms. The Labute approximate surface area is 283 Å². The van der Waals surface area contributed by atoms with Gasteiger partial charge in [-0.3, -0.25) is 14.5 Å². The van der Waals surface area contributed by atoms with Crippen molar-refractivity contribution in [1.82, 2.24) is 20.2 Å². The van der Waals surface area contributed by atoms with E-state index in [2.05, 4.69) is 27.0 Å². The van der Waals surface area contributed by atoms with E-state index in [1.54, 1.807) is 11.4 Å². The Morgan fingerprint density at radius 1 is 1.28 bits per heavy atom. The third-order valence-corrected chi connectivity index (χ3v) is 10.1. The fraction of sp³-hybridized carbons (Fsp3) is 0.200. The van der Waals surface area contributed by atoms with E-state index >= 15 is 0 Å². The predicted molar refractivity (Wildman–Crippen MR) is 158 cm³/mol. The number of anilines is 1. The van der Waals surface area contributed by atoms with Crippen LogP contribution in [0.15, 0.2) is 62.4 Å². The molecule has 4 heterocycles. The first-order chi connectivity index (χ1) is 20.2. The molecule has 0 saturated carbocycles. The van der Waals surface area contributed by atoms with Crippen molar-refractivity contribution in [2.75, 3.05) is 23.8 Å². The normalized spacial score (nSPS) is 17.9. The number of carboxylic acids is 1. The number of amides is 2. The first-order valence-corrected chi connectivity index (χ1v) is 15.8. The molecule has 5 N–H and O–H groups in total. The molecule has 2 aliphatic heterocycles. The van der Waals surface area contributed by atoms with Crippen LogP contribution >= 0.6 is 46.2 Å². The average Bonchev–Trinajstić information content (AvgIpc) is 3.62. The van der Waals surface area contributed by atoms with Crippen molar-refractivity contribution in [2.24, 2.45) is 5.16 Å². The Kier molecular flexibility index (Phi) is 10.8. The molecule has 1 aromatic carbocycles. The molecule has 0 unspecified atom stereocenters. The number of aromatic nitrogens is 2. The van der Waals surface area contributed by atoms with Crippen LogP contribution in [0.25, 0.3) is 11.3 Å². The summed E-state index contributed by atoms with van der Waals surface area (Å²) in [7, 11) is 0. The number of hydrogen-bond acceptors (Lipinski definition) is 15. The average molecular weight is 669 g/mol. The summed E-state index contributed by atoms with van der Waals surface area (Å²) in [5, 5.41) is 40.7. The van der Waals surface area contributed by atoms with Gasteiger partial charge in [-0.15, -0.1) is 34.4 Å². The van der Waals surface area contributed by atoms with Crippen molar-refractivity contribution in [1.29, 1.82) is 0 Å². The zero-order chi connectivity index (χ0) is 30.0. The van der Waals surface area contributed by atoms with Gasteiger partial charge in [0.25, 0.3) is 11.8 Å². The molecule has 2 aliphatic rings. The molecule has 13 nitrogen and oxygen atoms in total. The van der Waals surface area contributed by atoms with Crippen LogP contribution in [0.5, 0.6) is 11.5 Å². The molecule has 0 spiro atoms. The number of aromatic hydroxyl groups is 2. The zero-order valence-electron chi connectivity index (χ0n) is 22.4. The maximum Gasteiger partial charge on any atom is 1.00 e. The van der Waals surface area contributed by atoms with E-state index in [9.17, 15) is 29.7 Å². The monoisotopic (exact) mass is 668 g/mol. The van der Waals surface area contributed by atoms with Gasteiger partial charge in [0.15, 0.2) is 26.7 Å². The molecule has 0 aliphatic carbocycles. The predicted octanol–water partition coefficient (Wildman–Crippen LogP) is -1.63. The number of β-lactam (4-membered cyclic amide) rings is 1. The quantitative estimate of drug-likeness (QED) is 0.0266. The Morgan fingerprint density at radius 3 is 2.74 bits per heavy atom. The van der Waals surface area contributed by atoms with E-state index < -0.39 is 29.2 Å². The van der Waals surface area contributed by atoms with E-state index in [0.29, 0.717) is 21.2 Å². The smallest absolute Gasteiger partial charge is 0.543 e. The first kappa shape index (κ1) is 32.8. The number of nitrogens with one attached hydrogen (secondary N) is 1. The number of carboxylic acid groups (broad SMARTS) is 1. The number of benzene rings is 1. The summed E-state index contributed by atoms with van der Waals surface area (Å²) in [6.45, 7) is 3.56. The number of carbonyl (C=O) groups is 3. The number of aliphatic carboxylic acids is 1. The van der Waals surface area contributed by atoms with Crippen LogP contribution in [0.3, 0.4) is 0 Å². The molecule has 3 aromatic rings. The molecule has 1 fully saturated rings. The first-order valence-electron chi connectivity index (χ1n) is 12.0. The number of phenolic OH excluding ortho intramolecular Hbond substituents is 2. The SMILES string of the molecule is C=CCON=C(C(=O)N[C@@H]1C(=O)N2C(C(=O)[O-])=C(CSc3nc(-c4ccc(O)c(O)c4)cs3)CS[C@@H]12)c1csc(N)n1.[Na+]. The van der Waals surface area contributed by atoms with Gasteiger partial charge < -0.3 is 36.0 Å². The van der Waals surface area contributed by atoms with E-state index in [1.165, 1.54) is 58.4 Å². The second kappa shape index (κ2) is 14.1. The van der Waals surface area contributed by atoms with Gasteiger partial charge in [-0.1, -0.05) is 29.6 Å². The fourth-order valence-corrected chi connectivity index (χ4v) is 7.90. The molecule has 2 aromatic heterocycles. The maximum absolute atomic E-state index is 13.1. The van der Waals surface area contributed by atoms with Crippen LogP contribution in [-0.4, -0.2) is 78.1 Å². The van der Waals surface area contributed by atoms with Crippen molar-refractivity contribution in [2.45, 2.75) is 15.8 Å². The topological polar surface area (TPSA) is 203 Å². The summed E-state index contributed by atoms with van der Waals surface area (Å²) in [6.07, 6.45) is 1.44. The Bertz CT molecular complexity index is 1640. The van der Waals surface area contributed by atoms with Gasteiger partial charge in [0, 0.05) is 27.8 Å². The van der Waals surface area contributed by atoms with E-state index in [-0.39, 0.29) is 81.4 Å². The van der Waals surface area contributed by atoms with Gasteiger partial charge in [0.2, 0.25) is 0 Å². The van der Waals surface area contributed by atoms with E-state index in [1.807, 2.05) is 0 Å². The minimum Gasteiger partial charge on any atom is -0.543 e. The maximum atomic E-state index is 13.1. The number of nitrogens with zero attached hydrogens (tertiary/aromatic N) is 4. The third-order valence-electron chi connectivity index (χ3n) is 5.98. The standard InChI is InChI=1S/C25H22N6O7S4.Na/c1-2-5-38-30-17(14-10-40-24(26)27-14)20(34)29-18-21(35)31-19(23(36)37)12(7-39-22(18)31)8-41-25-28-13(9-42-25)11-3-4-15(32)16(33)6-11;/h2-4,6,9-10,18,22,32-33H,1,5,7-8H2,(H2,26,27)(H,29,34)(H,36,37);/q;+1/p-1/t18-,22+;/m1./s1. The minimum atomic E-state index is -1.49. The Hall–Kier alpha value is -3.06. The second-order valence-electron chi connectivity index (χ2n) is 8.69. The second-order valence-corrected chi connectivity index (χ2v) is 12.8. The molecule has 218 valence electrons. The number of hydrogen-bond donors (Lipinski definition) is 4. The molecule has 2 amide bonds. The van der Waals surface area contributed by atoms with E-state index in [4.69, 9.17) is 10.6 Å². The van der Waals surface area contributed by atoms with Gasteiger partial charge in [0.05, 0.1) is 17.4 Å². The van der Waals surface area contributed by atoms with Crippen molar-refractivity contribution >= 4 is 74.8 Å². The van der Waals surface area contributed by atoms with Gasteiger partial charge in [-0.25, -0.2) is 9.97 Å². The summed E-state index contributed by atoms with van der Waals surface area (Å²) >= 11 is 5.04.